The maximum atomic E-state index is 11.9. The van der Waals surface area contributed by atoms with Gasteiger partial charge in [-0.25, -0.2) is 0 Å². The number of amides is 2. The zero-order valence-corrected chi connectivity index (χ0v) is 11.9. The van der Waals surface area contributed by atoms with E-state index in [1.807, 2.05) is 19.1 Å². The molecule has 0 saturated heterocycles. The van der Waals surface area contributed by atoms with Crippen molar-refractivity contribution in [2.24, 2.45) is 0 Å². The first-order valence-electron chi connectivity index (χ1n) is 7.29. The molecule has 4 heteroatoms. The molecule has 1 fully saturated rings. The molecule has 20 heavy (non-hydrogen) atoms. The van der Waals surface area contributed by atoms with Crippen LogP contribution in [0, 0.1) is 6.92 Å². The Labute approximate surface area is 119 Å². The first-order valence-corrected chi connectivity index (χ1v) is 7.29. The van der Waals surface area contributed by atoms with Gasteiger partial charge in [0.2, 0.25) is 5.91 Å². The van der Waals surface area contributed by atoms with Crippen LogP contribution in [0.1, 0.15) is 48.0 Å². The average molecular weight is 274 g/mol. The van der Waals surface area contributed by atoms with Crippen molar-refractivity contribution in [3.05, 3.63) is 35.4 Å². The second-order valence-electron chi connectivity index (χ2n) is 5.45. The van der Waals surface area contributed by atoms with Crippen LogP contribution in [0.25, 0.3) is 0 Å². The van der Waals surface area contributed by atoms with E-state index in [9.17, 15) is 9.59 Å². The van der Waals surface area contributed by atoms with Gasteiger partial charge in [-0.3, -0.25) is 9.59 Å². The fourth-order valence-electron chi connectivity index (χ4n) is 2.49. The zero-order chi connectivity index (χ0) is 14.4. The molecule has 1 aromatic rings. The number of hydrogen-bond donors (Lipinski definition) is 2. The predicted octanol–water partition coefficient (Wildman–Crippen LogP) is 2.17. The van der Waals surface area contributed by atoms with Crippen molar-refractivity contribution in [3.63, 3.8) is 0 Å². The first-order chi connectivity index (χ1) is 9.65. The summed E-state index contributed by atoms with van der Waals surface area (Å²) >= 11 is 0. The van der Waals surface area contributed by atoms with Crippen molar-refractivity contribution in [1.29, 1.82) is 0 Å². The fourth-order valence-corrected chi connectivity index (χ4v) is 2.49. The Bertz CT molecular complexity index is 462. The highest BCUT2D eigenvalue weighted by atomic mass is 16.2. The van der Waals surface area contributed by atoms with E-state index in [1.165, 1.54) is 19.3 Å². The van der Waals surface area contributed by atoms with Crippen LogP contribution in [0.4, 0.5) is 0 Å². The lowest BCUT2D eigenvalue weighted by atomic mass is 9.95. The predicted molar refractivity (Wildman–Crippen MR) is 78.5 cm³/mol. The third kappa shape index (κ3) is 4.37. The standard InChI is InChI=1S/C16H22N2O2/c1-12-7-9-13(10-8-12)16(20)17-11-15(19)18-14-5-3-2-4-6-14/h7-10,14H,2-6,11H2,1H3,(H,17,20)(H,18,19). The van der Waals surface area contributed by atoms with Crippen molar-refractivity contribution in [1.82, 2.24) is 10.6 Å². The van der Waals surface area contributed by atoms with E-state index in [1.54, 1.807) is 12.1 Å². The molecule has 0 unspecified atom stereocenters. The smallest absolute Gasteiger partial charge is 0.251 e. The molecule has 0 spiro atoms. The van der Waals surface area contributed by atoms with Gasteiger partial charge in [0.25, 0.3) is 5.91 Å². The quantitative estimate of drug-likeness (QED) is 0.884. The molecule has 0 aliphatic heterocycles. The van der Waals surface area contributed by atoms with Crippen LogP contribution in [-0.4, -0.2) is 24.4 Å². The highest BCUT2D eigenvalue weighted by Gasteiger charge is 2.16. The molecule has 2 amide bonds. The molecule has 108 valence electrons. The van der Waals surface area contributed by atoms with Gasteiger partial charge in [-0.05, 0) is 31.9 Å². The molecule has 1 aliphatic rings. The van der Waals surface area contributed by atoms with E-state index < -0.39 is 0 Å². The summed E-state index contributed by atoms with van der Waals surface area (Å²) in [7, 11) is 0. The molecule has 0 radical (unpaired) electrons. The Kier molecular flexibility index (Phi) is 5.16. The largest absolute Gasteiger partial charge is 0.352 e. The van der Waals surface area contributed by atoms with Crippen LogP contribution in [0.2, 0.25) is 0 Å². The molecule has 0 atom stereocenters. The lowest BCUT2D eigenvalue weighted by molar-refractivity contribution is -0.121. The van der Waals surface area contributed by atoms with Crippen molar-refractivity contribution in [3.8, 4) is 0 Å². The van der Waals surface area contributed by atoms with Crippen molar-refractivity contribution in [2.75, 3.05) is 6.54 Å². The van der Waals surface area contributed by atoms with Crippen molar-refractivity contribution >= 4 is 11.8 Å². The van der Waals surface area contributed by atoms with Crippen LogP contribution in [0.15, 0.2) is 24.3 Å². The van der Waals surface area contributed by atoms with Crippen LogP contribution < -0.4 is 10.6 Å². The summed E-state index contributed by atoms with van der Waals surface area (Å²) in [4.78, 5) is 23.6. The minimum Gasteiger partial charge on any atom is -0.352 e. The van der Waals surface area contributed by atoms with E-state index in [2.05, 4.69) is 10.6 Å². The van der Waals surface area contributed by atoms with Crippen LogP contribution in [0.3, 0.4) is 0 Å². The Morgan fingerprint density at radius 3 is 2.40 bits per heavy atom. The summed E-state index contributed by atoms with van der Waals surface area (Å²) in [6, 6.07) is 7.59. The second kappa shape index (κ2) is 7.08. The molecule has 1 saturated carbocycles. The van der Waals surface area contributed by atoms with E-state index in [0.717, 1.165) is 18.4 Å². The highest BCUT2D eigenvalue weighted by Crippen LogP contribution is 2.17. The van der Waals surface area contributed by atoms with E-state index >= 15 is 0 Å². The third-order valence-electron chi connectivity index (χ3n) is 3.69. The molecule has 0 heterocycles. The van der Waals surface area contributed by atoms with Crippen LogP contribution in [0.5, 0.6) is 0 Å². The number of carbonyl (C=O) groups excluding carboxylic acids is 2. The van der Waals surface area contributed by atoms with Gasteiger partial charge in [0.15, 0.2) is 0 Å². The van der Waals surface area contributed by atoms with Crippen LogP contribution in [-0.2, 0) is 4.79 Å². The first kappa shape index (κ1) is 14.6. The Morgan fingerprint density at radius 2 is 1.75 bits per heavy atom. The second-order valence-corrected chi connectivity index (χ2v) is 5.45. The Balaban J connectivity index is 1.75. The third-order valence-corrected chi connectivity index (χ3v) is 3.69. The Hall–Kier alpha value is -1.84. The van der Waals surface area contributed by atoms with Gasteiger partial charge >= 0.3 is 0 Å². The van der Waals surface area contributed by atoms with Gasteiger partial charge in [0, 0.05) is 11.6 Å². The van der Waals surface area contributed by atoms with E-state index in [-0.39, 0.29) is 24.4 Å². The number of hydrogen-bond acceptors (Lipinski definition) is 2. The number of nitrogens with one attached hydrogen (secondary N) is 2. The number of benzene rings is 1. The normalized spacial score (nSPS) is 15.7. The van der Waals surface area contributed by atoms with Crippen molar-refractivity contribution < 1.29 is 9.59 Å². The topological polar surface area (TPSA) is 58.2 Å². The van der Waals surface area contributed by atoms with Crippen molar-refractivity contribution in [2.45, 2.75) is 45.1 Å². The number of rotatable bonds is 4. The van der Waals surface area contributed by atoms with Gasteiger partial charge < -0.3 is 10.6 Å². The van der Waals surface area contributed by atoms with Gasteiger partial charge in [-0.1, -0.05) is 37.0 Å². The van der Waals surface area contributed by atoms with Gasteiger partial charge in [-0.2, -0.15) is 0 Å². The summed E-state index contributed by atoms with van der Waals surface area (Å²) in [6.07, 6.45) is 5.73. The lowest BCUT2D eigenvalue weighted by Crippen LogP contribution is -2.42. The number of aryl methyl sites for hydroxylation is 1. The van der Waals surface area contributed by atoms with Gasteiger partial charge in [0.1, 0.15) is 0 Å². The molecule has 1 aliphatic carbocycles. The minimum atomic E-state index is -0.205. The summed E-state index contributed by atoms with van der Waals surface area (Å²) in [5.41, 5.74) is 1.69. The van der Waals surface area contributed by atoms with Crippen LogP contribution >= 0.6 is 0 Å². The maximum Gasteiger partial charge on any atom is 0.251 e. The summed E-state index contributed by atoms with van der Waals surface area (Å²) < 4.78 is 0. The molecule has 4 nitrogen and oxygen atoms in total. The molecular formula is C16H22N2O2. The van der Waals surface area contributed by atoms with Gasteiger partial charge in [0.05, 0.1) is 6.54 Å². The fraction of sp³-hybridized carbons (Fsp3) is 0.500. The monoisotopic (exact) mass is 274 g/mol. The summed E-state index contributed by atoms with van der Waals surface area (Å²) in [5, 5.41) is 5.64. The zero-order valence-electron chi connectivity index (χ0n) is 11.9. The minimum absolute atomic E-state index is 0.0449. The summed E-state index contributed by atoms with van der Waals surface area (Å²) in [6.45, 7) is 2.02. The SMILES string of the molecule is Cc1ccc(C(=O)NCC(=O)NC2CCCCC2)cc1. The van der Waals surface area contributed by atoms with Gasteiger partial charge in [-0.15, -0.1) is 0 Å². The average Bonchev–Trinajstić information content (AvgIpc) is 2.46. The summed E-state index contributed by atoms with van der Waals surface area (Å²) in [5.74, 6) is -0.304. The Morgan fingerprint density at radius 1 is 1.10 bits per heavy atom. The van der Waals surface area contributed by atoms with E-state index in [0.29, 0.717) is 5.56 Å². The maximum absolute atomic E-state index is 11.9. The molecule has 0 bridgehead atoms. The number of carbonyl (C=O) groups is 2. The molecule has 1 aromatic carbocycles. The molecular weight excluding hydrogens is 252 g/mol. The molecule has 2 rings (SSSR count). The van der Waals surface area contributed by atoms with E-state index in [4.69, 9.17) is 0 Å². The highest BCUT2D eigenvalue weighted by molar-refractivity contribution is 5.96. The molecule has 2 N–H and O–H groups in total. The lowest BCUT2D eigenvalue weighted by Gasteiger charge is -2.22. The molecule has 0 aromatic heterocycles.